The number of benzene rings is 1. The first-order valence-electron chi connectivity index (χ1n) is 6.38. The van der Waals surface area contributed by atoms with Crippen LogP contribution in [-0.2, 0) is 12.8 Å². The van der Waals surface area contributed by atoms with Gasteiger partial charge in [0, 0.05) is 17.1 Å². The molecule has 0 aliphatic heterocycles. The Morgan fingerprint density at radius 1 is 1.33 bits per heavy atom. The summed E-state index contributed by atoms with van der Waals surface area (Å²) in [6.07, 6.45) is 5.35. The maximum Gasteiger partial charge on any atom is 0.0794 e. The summed E-state index contributed by atoms with van der Waals surface area (Å²) in [6.45, 7) is 2.19. The van der Waals surface area contributed by atoms with Crippen molar-refractivity contribution in [2.24, 2.45) is 0 Å². The average molecular weight is 260 g/mol. The highest BCUT2D eigenvalue weighted by atomic mass is 32.1. The molecular weight excluding hydrogens is 240 g/mol. The molecule has 0 aliphatic rings. The molecule has 1 N–H and O–H groups in total. The van der Waals surface area contributed by atoms with E-state index in [-0.39, 0.29) is 0 Å². The Bertz CT molecular complexity index is 465. The lowest BCUT2D eigenvalue weighted by atomic mass is 9.99. The Morgan fingerprint density at radius 2 is 2.17 bits per heavy atom. The molecule has 3 heteroatoms. The van der Waals surface area contributed by atoms with Crippen LogP contribution in [0.3, 0.4) is 0 Å². The molecule has 0 bridgehead atoms. The third kappa shape index (κ3) is 3.65. The predicted octanol–water partition coefficient (Wildman–Crippen LogP) is 3.21. The van der Waals surface area contributed by atoms with E-state index in [1.54, 1.807) is 11.3 Å². The second-order valence-corrected chi connectivity index (χ2v) is 5.59. The summed E-state index contributed by atoms with van der Waals surface area (Å²) >= 11 is 1.74. The van der Waals surface area contributed by atoms with Crippen LogP contribution in [0.4, 0.5) is 0 Å². The van der Waals surface area contributed by atoms with Crippen LogP contribution in [-0.4, -0.2) is 18.1 Å². The minimum absolute atomic E-state index is 0.532. The average Bonchev–Trinajstić information content (AvgIpc) is 2.89. The Balaban J connectivity index is 1.89. The van der Waals surface area contributed by atoms with Gasteiger partial charge in [0.25, 0.3) is 0 Å². The van der Waals surface area contributed by atoms with E-state index in [1.165, 1.54) is 22.4 Å². The molecule has 1 unspecified atom stereocenters. The van der Waals surface area contributed by atoms with E-state index in [0.717, 1.165) is 12.8 Å². The van der Waals surface area contributed by atoms with Crippen LogP contribution >= 0.6 is 11.3 Å². The molecule has 0 spiro atoms. The monoisotopic (exact) mass is 260 g/mol. The van der Waals surface area contributed by atoms with Crippen LogP contribution in [0.2, 0.25) is 0 Å². The summed E-state index contributed by atoms with van der Waals surface area (Å²) < 4.78 is 0. The van der Waals surface area contributed by atoms with Crippen molar-refractivity contribution in [1.29, 1.82) is 0 Å². The fraction of sp³-hybridized carbons (Fsp3) is 0.400. The number of nitrogens with zero attached hydrogens (tertiary/aromatic N) is 1. The van der Waals surface area contributed by atoms with Gasteiger partial charge in [-0.25, -0.2) is 0 Å². The van der Waals surface area contributed by atoms with Gasteiger partial charge in [0.15, 0.2) is 0 Å². The van der Waals surface area contributed by atoms with E-state index in [0.29, 0.717) is 6.04 Å². The molecule has 0 aliphatic carbocycles. The maximum absolute atomic E-state index is 4.13. The van der Waals surface area contributed by atoms with E-state index in [2.05, 4.69) is 41.5 Å². The normalized spacial score (nSPS) is 12.6. The number of aryl methyl sites for hydroxylation is 2. The molecule has 96 valence electrons. The third-order valence-electron chi connectivity index (χ3n) is 3.36. The smallest absolute Gasteiger partial charge is 0.0794 e. The lowest BCUT2D eigenvalue weighted by Crippen LogP contribution is -2.27. The zero-order chi connectivity index (χ0) is 12.8. The summed E-state index contributed by atoms with van der Waals surface area (Å²) in [6, 6.07) is 9.18. The van der Waals surface area contributed by atoms with Gasteiger partial charge in [-0.2, -0.15) is 0 Å². The molecule has 2 rings (SSSR count). The van der Waals surface area contributed by atoms with Crippen LogP contribution < -0.4 is 5.32 Å². The molecule has 0 saturated heterocycles. The van der Waals surface area contributed by atoms with E-state index in [1.807, 2.05) is 18.8 Å². The second-order valence-electron chi connectivity index (χ2n) is 4.62. The lowest BCUT2D eigenvalue weighted by molar-refractivity contribution is 0.522. The SMILES string of the molecule is CNC(CCc1ccccc1C)Cc1cncs1. The number of thiazole rings is 1. The standard InChI is InChI=1S/C15H20N2S/c1-12-5-3-4-6-13(12)7-8-14(16-2)9-15-10-17-11-18-15/h3-6,10-11,14,16H,7-9H2,1-2H3. The van der Waals surface area contributed by atoms with Gasteiger partial charge in [-0.1, -0.05) is 24.3 Å². The number of rotatable bonds is 6. The minimum Gasteiger partial charge on any atom is -0.317 e. The van der Waals surface area contributed by atoms with Crippen molar-refractivity contribution in [2.45, 2.75) is 32.2 Å². The molecule has 2 aromatic rings. The predicted molar refractivity (Wildman–Crippen MR) is 78.2 cm³/mol. The van der Waals surface area contributed by atoms with Crippen molar-refractivity contribution in [1.82, 2.24) is 10.3 Å². The molecule has 0 saturated carbocycles. The Labute approximate surface area is 113 Å². The number of hydrogen-bond acceptors (Lipinski definition) is 3. The Morgan fingerprint density at radius 3 is 2.83 bits per heavy atom. The quantitative estimate of drug-likeness (QED) is 0.862. The van der Waals surface area contributed by atoms with Crippen LogP contribution in [0.1, 0.15) is 22.4 Å². The summed E-state index contributed by atoms with van der Waals surface area (Å²) in [4.78, 5) is 5.49. The minimum atomic E-state index is 0.532. The first-order valence-corrected chi connectivity index (χ1v) is 7.26. The van der Waals surface area contributed by atoms with Crippen LogP contribution in [0, 0.1) is 6.92 Å². The molecule has 1 aromatic heterocycles. The van der Waals surface area contributed by atoms with Crippen LogP contribution in [0.15, 0.2) is 36.0 Å². The zero-order valence-electron chi connectivity index (χ0n) is 11.0. The topological polar surface area (TPSA) is 24.9 Å². The summed E-state index contributed by atoms with van der Waals surface area (Å²) in [5, 5.41) is 3.41. The summed E-state index contributed by atoms with van der Waals surface area (Å²) in [5.74, 6) is 0. The fourth-order valence-electron chi connectivity index (χ4n) is 2.15. The summed E-state index contributed by atoms with van der Waals surface area (Å²) in [7, 11) is 2.05. The van der Waals surface area contributed by atoms with Crippen molar-refractivity contribution in [3.63, 3.8) is 0 Å². The number of hydrogen-bond donors (Lipinski definition) is 1. The van der Waals surface area contributed by atoms with Crippen molar-refractivity contribution >= 4 is 11.3 Å². The number of likely N-dealkylation sites (N-methyl/N-ethyl adjacent to an activating group) is 1. The number of nitrogens with one attached hydrogen (secondary N) is 1. The van der Waals surface area contributed by atoms with Crippen molar-refractivity contribution < 1.29 is 0 Å². The van der Waals surface area contributed by atoms with Gasteiger partial charge >= 0.3 is 0 Å². The van der Waals surface area contributed by atoms with Crippen LogP contribution in [0.5, 0.6) is 0 Å². The molecule has 2 nitrogen and oxygen atoms in total. The molecule has 1 aromatic carbocycles. The first kappa shape index (κ1) is 13.2. The molecule has 1 atom stereocenters. The van der Waals surface area contributed by atoms with Gasteiger partial charge in [0.05, 0.1) is 5.51 Å². The second kappa shape index (κ2) is 6.66. The van der Waals surface area contributed by atoms with E-state index >= 15 is 0 Å². The largest absolute Gasteiger partial charge is 0.317 e. The lowest BCUT2D eigenvalue weighted by Gasteiger charge is -2.15. The van der Waals surface area contributed by atoms with Crippen LogP contribution in [0.25, 0.3) is 0 Å². The molecule has 0 fully saturated rings. The molecule has 18 heavy (non-hydrogen) atoms. The van der Waals surface area contributed by atoms with E-state index < -0.39 is 0 Å². The van der Waals surface area contributed by atoms with Gasteiger partial charge in [0.1, 0.15) is 0 Å². The Kier molecular flexibility index (Phi) is 4.90. The molecule has 0 radical (unpaired) electrons. The highest BCUT2D eigenvalue weighted by Crippen LogP contribution is 2.14. The highest BCUT2D eigenvalue weighted by Gasteiger charge is 2.09. The molecular formula is C15H20N2S. The van der Waals surface area contributed by atoms with Crippen molar-refractivity contribution in [2.75, 3.05) is 7.05 Å². The van der Waals surface area contributed by atoms with Gasteiger partial charge < -0.3 is 5.32 Å². The zero-order valence-corrected chi connectivity index (χ0v) is 11.8. The molecule has 0 amide bonds. The van der Waals surface area contributed by atoms with E-state index in [9.17, 15) is 0 Å². The van der Waals surface area contributed by atoms with Crippen molar-refractivity contribution in [3.05, 3.63) is 52.0 Å². The molecule has 1 heterocycles. The van der Waals surface area contributed by atoms with Gasteiger partial charge in [-0.15, -0.1) is 11.3 Å². The fourth-order valence-corrected chi connectivity index (χ4v) is 2.83. The van der Waals surface area contributed by atoms with Gasteiger partial charge in [-0.05, 0) is 44.4 Å². The summed E-state index contributed by atoms with van der Waals surface area (Å²) in [5.41, 5.74) is 4.76. The van der Waals surface area contributed by atoms with Crippen molar-refractivity contribution in [3.8, 4) is 0 Å². The Hall–Kier alpha value is -1.19. The third-order valence-corrected chi connectivity index (χ3v) is 4.16. The number of aromatic nitrogens is 1. The van der Waals surface area contributed by atoms with Gasteiger partial charge in [0.2, 0.25) is 0 Å². The maximum atomic E-state index is 4.13. The first-order chi connectivity index (χ1) is 8.79. The highest BCUT2D eigenvalue weighted by molar-refractivity contribution is 7.09. The van der Waals surface area contributed by atoms with E-state index in [4.69, 9.17) is 0 Å². The van der Waals surface area contributed by atoms with Gasteiger partial charge in [-0.3, -0.25) is 4.98 Å².